The van der Waals surface area contributed by atoms with Crippen LogP contribution in [0, 0.1) is 0 Å². The fourth-order valence-corrected chi connectivity index (χ4v) is 1.11. The lowest BCUT2D eigenvalue weighted by Crippen LogP contribution is -2.25. The third-order valence-corrected chi connectivity index (χ3v) is 1.75. The van der Waals surface area contributed by atoms with Crippen LogP contribution in [0.5, 0.6) is 5.75 Å². The summed E-state index contributed by atoms with van der Waals surface area (Å²) in [5, 5.41) is 0. The van der Waals surface area contributed by atoms with Crippen LogP contribution in [0.2, 0.25) is 0 Å². The number of rotatable bonds is 2. The van der Waals surface area contributed by atoms with Gasteiger partial charge in [-0.1, -0.05) is 0 Å². The molecule has 0 amide bonds. The van der Waals surface area contributed by atoms with Crippen LogP contribution in [0.4, 0.5) is 30.7 Å². The topological polar surface area (TPSA) is 42.1 Å². The third-order valence-electron chi connectivity index (χ3n) is 1.75. The quantitative estimate of drug-likeness (QED) is 0.846. The summed E-state index contributed by atoms with van der Waals surface area (Å²) in [7, 11) is 0. The largest absolute Gasteiger partial charge is 0.573 e. The van der Waals surface area contributed by atoms with Gasteiger partial charge in [0.15, 0.2) is 5.75 Å². The molecule has 0 fully saturated rings. The Morgan fingerprint density at radius 1 is 1.17 bits per heavy atom. The molecule has 0 radical (unpaired) electrons. The highest BCUT2D eigenvalue weighted by Gasteiger charge is 2.37. The highest BCUT2D eigenvalue weighted by Crippen LogP contribution is 2.33. The van der Waals surface area contributed by atoms with Gasteiger partial charge in [0, 0.05) is 6.07 Å². The fourth-order valence-electron chi connectivity index (χ4n) is 1.11. The van der Waals surface area contributed by atoms with Crippen molar-refractivity contribution in [2.45, 2.75) is 19.2 Å². The van der Waals surface area contributed by atoms with E-state index in [-0.39, 0.29) is 6.07 Å². The molecule has 1 heterocycles. The van der Waals surface area contributed by atoms with Crippen LogP contribution in [0.3, 0.4) is 0 Å². The summed E-state index contributed by atoms with van der Waals surface area (Å²) in [6, 6.07) is -0.193. The summed E-state index contributed by atoms with van der Waals surface area (Å²) in [5.74, 6) is -1.60. The minimum absolute atomic E-state index is 0.193. The number of hydrogen-bond donors (Lipinski definition) is 1. The molecule has 0 aromatic carbocycles. The number of alkyl halides is 7. The number of aromatic nitrogens is 1. The first-order chi connectivity index (χ1) is 8.04. The van der Waals surface area contributed by atoms with Crippen LogP contribution in [-0.4, -0.2) is 11.3 Å². The zero-order chi connectivity index (χ0) is 14.1. The van der Waals surface area contributed by atoms with E-state index >= 15 is 0 Å². The number of aromatic amines is 1. The van der Waals surface area contributed by atoms with E-state index in [4.69, 9.17) is 0 Å². The first-order valence-corrected chi connectivity index (χ1v) is 4.19. The van der Waals surface area contributed by atoms with Gasteiger partial charge in [0.25, 0.3) is 5.56 Å². The van der Waals surface area contributed by atoms with E-state index in [0.717, 1.165) is 0 Å². The Kier molecular flexibility index (Phi) is 3.58. The number of pyridine rings is 1. The molecule has 10 heteroatoms. The molecule has 18 heavy (non-hydrogen) atoms. The van der Waals surface area contributed by atoms with E-state index in [1.165, 1.54) is 4.98 Å². The van der Waals surface area contributed by atoms with Crippen LogP contribution in [0.25, 0.3) is 0 Å². The van der Waals surface area contributed by atoms with E-state index in [1.807, 2.05) is 0 Å². The lowest BCUT2D eigenvalue weighted by atomic mass is 10.2. The van der Waals surface area contributed by atoms with E-state index in [1.54, 1.807) is 0 Å². The molecule has 0 spiro atoms. The molecule has 1 rings (SSSR count). The molecule has 1 aromatic rings. The molecule has 102 valence electrons. The van der Waals surface area contributed by atoms with Gasteiger partial charge in [0.2, 0.25) is 0 Å². The normalized spacial score (nSPS) is 12.6. The van der Waals surface area contributed by atoms with Gasteiger partial charge in [0.05, 0.1) is 11.3 Å². The maximum absolute atomic E-state index is 12.4. The standard InChI is InChI=1S/C8H4F7NO2/c9-2-4-3(7(10,11)12)1-5(6(17)16-4)18-8(13,14)15/h1H,2H2,(H,16,17). The molecule has 0 atom stereocenters. The number of H-pyrrole nitrogens is 1. The maximum atomic E-state index is 12.4. The summed E-state index contributed by atoms with van der Waals surface area (Å²) in [6.45, 7) is -1.68. The second kappa shape index (κ2) is 4.50. The second-order valence-corrected chi connectivity index (χ2v) is 3.03. The van der Waals surface area contributed by atoms with Crippen LogP contribution in [-0.2, 0) is 12.9 Å². The molecule has 0 aliphatic carbocycles. The molecular weight excluding hydrogens is 275 g/mol. The Morgan fingerprint density at radius 2 is 1.72 bits per heavy atom. The molecular formula is C8H4F7NO2. The Bertz CT molecular complexity index is 488. The average Bonchev–Trinajstić information content (AvgIpc) is 2.16. The second-order valence-electron chi connectivity index (χ2n) is 3.03. The van der Waals surface area contributed by atoms with Crippen molar-refractivity contribution in [2.24, 2.45) is 0 Å². The number of nitrogens with one attached hydrogen (secondary N) is 1. The Hall–Kier alpha value is -1.74. The van der Waals surface area contributed by atoms with Crippen LogP contribution in [0.1, 0.15) is 11.3 Å². The van der Waals surface area contributed by atoms with Crippen molar-refractivity contribution in [1.82, 2.24) is 4.98 Å². The summed E-state index contributed by atoms with van der Waals surface area (Å²) < 4.78 is 87.8. The summed E-state index contributed by atoms with van der Waals surface area (Å²) in [5.41, 5.74) is -4.50. The van der Waals surface area contributed by atoms with Crippen molar-refractivity contribution in [1.29, 1.82) is 0 Å². The highest BCUT2D eigenvalue weighted by molar-refractivity contribution is 5.31. The lowest BCUT2D eigenvalue weighted by Gasteiger charge is -2.13. The molecule has 3 nitrogen and oxygen atoms in total. The van der Waals surface area contributed by atoms with Gasteiger partial charge in [-0.15, -0.1) is 13.2 Å². The molecule has 0 bridgehead atoms. The Balaban J connectivity index is 3.36. The lowest BCUT2D eigenvalue weighted by molar-refractivity contribution is -0.275. The summed E-state index contributed by atoms with van der Waals surface area (Å²) in [4.78, 5) is 12.3. The van der Waals surface area contributed by atoms with Crippen molar-refractivity contribution in [3.05, 3.63) is 27.7 Å². The molecule has 1 aromatic heterocycles. The van der Waals surface area contributed by atoms with Gasteiger partial charge in [0.1, 0.15) is 6.67 Å². The first-order valence-electron chi connectivity index (χ1n) is 4.19. The first kappa shape index (κ1) is 14.3. The zero-order valence-electron chi connectivity index (χ0n) is 8.25. The maximum Gasteiger partial charge on any atom is 0.573 e. The smallest absolute Gasteiger partial charge is 0.400 e. The third kappa shape index (κ3) is 3.37. The predicted octanol–water partition coefficient (Wildman–Crippen LogP) is 2.76. The highest BCUT2D eigenvalue weighted by atomic mass is 19.4. The van der Waals surface area contributed by atoms with Crippen molar-refractivity contribution < 1.29 is 35.5 Å². The zero-order valence-corrected chi connectivity index (χ0v) is 8.25. The van der Waals surface area contributed by atoms with Gasteiger partial charge in [-0.3, -0.25) is 4.79 Å². The van der Waals surface area contributed by atoms with Gasteiger partial charge in [-0.05, 0) is 0 Å². The average molecular weight is 279 g/mol. The van der Waals surface area contributed by atoms with Gasteiger partial charge in [-0.2, -0.15) is 13.2 Å². The van der Waals surface area contributed by atoms with Crippen LogP contribution < -0.4 is 10.3 Å². The van der Waals surface area contributed by atoms with Crippen molar-refractivity contribution in [3.63, 3.8) is 0 Å². The minimum Gasteiger partial charge on any atom is -0.400 e. The van der Waals surface area contributed by atoms with E-state index < -0.39 is 41.8 Å². The Morgan fingerprint density at radius 3 is 2.11 bits per heavy atom. The van der Waals surface area contributed by atoms with Crippen molar-refractivity contribution in [2.75, 3.05) is 0 Å². The molecule has 0 saturated carbocycles. The molecule has 0 unspecified atom stereocenters. The van der Waals surface area contributed by atoms with Gasteiger partial charge in [-0.25, -0.2) is 4.39 Å². The monoisotopic (exact) mass is 279 g/mol. The van der Waals surface area contributed by atoms with E-state index in [9.17, 15) is 35.5 Å². The van der Waals surface area contributed by atoms with E-state index in [0.29, 0.717) is 0 Å². The molecule has 0 saturated heterocycles. The molecule has 0 aliphatic rings. The van der Waals surface area contributed by atoms with Crippen molar-refractivity contribution in [3.8, 4) is 5.75 Å². The van der Waals surface area contributed by atoms with Crippen LogP contribution in [0.15, 0.2) is 10.9 Å². The minimum atomic E-state index is -5.33. The Labute approximate surface area is 94.2 Å². The van der Waals surface area contributed by atoms with Crippen LogP contribution >= 0.6 is 0 Å². The molecule has 0 aliphatic heterocycles. The number of hydrogen-bond acceptors (Lipinski definition) is 2. The molecule has 1 N–H and O–H groups in total. The SMILES string of the molecule is O=c1[nH]c(CF)c(C(F)(F)F)cc1OC(F)(F)F. The number of halogens is 7. The fraction of sp³-hybridized carbons (Fsp3) is 0.375. The van der Waals surface area contributed by atoms with E-state index in [2.05, 4.69) is 4.74 Å². The van der Waals surface area contributed by atoms with Gasteiger partial charge < -0.3 is 9.72 Å². The summed E-state index contributed by atoms with van der Waals surface area (Å²) >= 11 is 0. The summed E-state index contributed by atoms with van der Waals surface area (Å²) in [6.07, 6.45) is -10.4. The predicted molar refractivity (Wildman–Crippen MR) is 43.6 cm³/mol. The van der Waals surface area contributed by atoms with Gasteiger partial charge >= 0.3 is 12.5 Å². The van der Waals surface area contributed by atoms with Crippen molar-refractivity contribution >= 4 is 0 Å². The number of ether oxygens (including phenoxy) is 1.